The van der Waals surface area contributed by atoms with Gasteiger partial charge in [0.25, 0.3) is 11.8 Å². The Labute approximate surface area is 259 Å². The Morgan fingerprint density at radius 3 is 2.53 bits per heavy atom. The number of carbonyl (C=O) groups excluding carboxylic acids is 3. The number of rotatable bonds is 3. The van der Waals surface area contributed by atoms with E-state index in [0.29, 0.717) is 42.4 Å². The SMILES string of the molecule is COC(=O)c1ccccc1C(=O)N1CCc2cc3ccc2C1c1ccc(OC)c(c1)OCCCNC(=O)c1cc(ccc1F)O3. The number of nitrogens with one attached hydrogen (secondary N) is 1. The third-order valence-electron chi connectivity index (χ3n) is 7.95. The Bertz CT molecular complexity index is 1790. The van der Waals surface area contributed by atoms with Crippen LogP contribution in [0.25, 0.3) is 0 Å². The molecule has 3 aliphatic heterocycles. The lowest BCUT2D eigenvalue weighted by Crippen LogP contribution is -2.41. The third-order valence-corrected chi connectivity index (χ3v) is 7.95. The fraction of sp³-hybridized carbons (Fsp3) is 0.229. The maximum atomic E-state index is 14.6. The highest BCUT2D eigenvalue weighted by Gasteiger charge is 2.35. The fourth-order valence-corrected chi connectivity index (χ4v) is 5.76. The summed E-state index contributed by atoms with van der Waals surface area (Å²) in [6.45, 7) is 0.837. The van der Waals surface area contributed by atoms with Crippen LogP contribution in [0.2, 0.25) is 0 Å². The van der Waals surface area contributed by atoms with Crippen LogP contribution in [-0.2, 0) is 11.2 Å². The van der Waals surface area contributed by atoms with Gasteiger partial charge in [0.1, 0.15) is 17.3 Å². The van der Waals surface area contributed by atoms with Crippen molar-refractivity contribution < 1.29 is 37.7 Å². The number of nitrogens with zero attached hydrogens (tertiary/aromatic N) is 1. The first kappa shape index (κ1) is 29.7. The van der Waals surface area contributed by atoms with Gasteiger partial charge in [0.05, 0.1) is 43.6 Å². The molecule has 0 saturated heterocycles. The lowest BCUT2D eigenvalue weighted by atomic mass is 9.87. The molecule has 8 bridgehead atoms. The van der Waals surface area contributed by atoms with Gasteiger partial charge in [0, 0.05) is 13.1 Å². The molecule has 0 saturated carbocycles. The van der Waals surface area contributed by atoms with Gasteiger partial charge in [-0.1, -0.05) is 24.3 Å². The van der Waals surface area contributed by atoms with Crippen LogP contribution in [0, 0.1) is 5.82 Å². The molecule has 4 aromatic rings. The lowest BCUT2D eigenvalue weighted by molar-refractivity contribution is 0.0584. The highest BCUT2D eigenvalue weighted by molar-refractivity contribution is 6.05. The van der Waals surface area contributed by atoms with Gasteiger partial charge in [0.15, 0.2) is 11.5 Å². The number of ether oxygens (including phenoxy) is 4. The van der Waals surface area contributed by atoms with Crippen LogP contribution in [0.4, 0.5) is 4.39 Å². The molecule has 230 valence electrons. The van der Waals surface area contributed by atoms with E-state index in [0.717, 1.165) is 16.7 Å². The van der Waals surface area contributed by atoms with Crippen LogP contribution in [0.15, 0.2) is 78.9 Å². The number of benzene rings is 4. The molecule has 4 aromatic carbocycles. The smallest absolute Gasteiger partial charge is 0.338 e. The zero-order valence-corrected chi connectivity index (χ0v) is 24.8. The molecule has 10 heteroatoms. The van der Waals surface area contributed by atoms with Gasteiger partial charge in [-0.05, 0) is 84.1 Å². The first-order chi connectivity index (χ1) is 21.9. The molecule has 3 heterocycles. The maximum Gasteiger partial charge on any atom is 0.338 e. The van der Waals surface area contributed by atoms with E-state index in [1.807, 2.05) is 24.3 Å². The summed E-state index contributed by atoms with van der Waals surface area (Å²) < 4.78 is 37.3. The highest BCUT2D eigenvalue weighted by atomic mass is 19.1. The molecule has 1 N–H and O–H groups in total. The summed E-state index contributed by atoms with van der Waals surface area (Å²) in [5.74, 6) is -0.328. The van der Waals surface area contributed by atoms with Crippen LogP contribution in [0.1, 0.15) is 60.2 Å². The molecule has 9 nitrogen and oxygen atoms in total. The normalized spacial score (nSPS) is 15.9. The second-order valence-corrected chi connectivity index (χ2v) is 10.7. The summed E-state index contributed by atoms with van der Waals surface area (Å²) >= 11 is 0. The van der Waals surface area contributed by atoms with Crippen LogP contribution in [-0.4, -0.2) is 56.6 Å². The fourth-order valence-electron chi connectivity index (χ4n) is 5.76. The Balaban J connectivity index is 1.47. The number of halogens is 1. The molecule has 7 rings (SSSR count). The van der Waals surface area contributed by atoms with Gasteiger partial charge < -0.3 is 29.2 Å². The monoisotopic (exact) mass is 610 g/mol. The minimum Gasteiger partial charge on any atom is -0.493 e. The molecule has 0 aliphatic carbocycles. The van der Waals surface area contributed by atoms with Gasteiger partial charge in [-0.25, -0.2) is 9.18 Å². The van der Waals surface area contributed by atoms with Crippen molar-refractivity contribution in [1.29, 1.82) is 0 Å². The van der Waals surface area contributed by atoms with E-state index in [9.17, 15) is 18.8 Å². The van der Waals surface area contributed by atoms with Gasteiger partial charge in [0.2, 0.25) is 0 Å². The van der Waals surface area contributed by atoms with Gasteiger partial charge in [-0.3, -0.25) is 9.59 Å². The molecule has 0 spiro atoms. The number of esters is 1. The average Bonchev–Trinajstić information content (AvgIpc) is 3.07. The minimum absolute atomic E-state index is 0.122. The summed E-state index contributed by atoms with van der Waals surface area (Å²) in [6.07, 6.45) is 0.950. The van der Waals surface area contributed by atoms with Gasteiger partial charge >= 0.3 is 5.97 Å². The molecule has 1 unspecified atom stereocenters. The summed E-state index contributed by atoms with van der Waals surface area (Å²) in [7, 11) is 2.83. The van der Waals surface area contributed by atoms with Crippen molar-refractivity contribution in [2.75, 3.05) is 33.9 Å². The first-order valence-electron chi connectivity index (χ1n) is 14.6. The predicted octanol–water partition coefficient (Wildman–Crippen LogP) is 5.71. The number of methoxy groups -OCH3 is 2. The van der Waals surface area contributed by atoms with E-state index < -0.39 is 23.7 Å². The van der Waals surface area contributed by atoms with E-state index in [1.165, 1.54) is 25.3 Å². The summed E-state index contributed by atoms with van der Waals surface area (Å²) in [6, 6.07) is 21.2. The van der Waals surface area contributed by atoms with Crippen molar-refractivity contribution in [2.24, 2.45) is 0 Å². The van der Waals surface area contributed by atoms with Crippen LogP contribution in [0.5, 0.6) is 23.0 Å². The van der Waals surface area contributed by atoms with E-state index in [1.54, 1.807) is 48.4 Å². The largest absolute Gasteiger partial charge is 0.493 e. The van der Waals surface area contributed by atoms with Crippen molar-refractivity contribution in [1.82, 2.24) is 10.2 Å². The predicted molar refractivity (Wildman–Crippen MR) is 163 cm³/mol. The minimum atomic E-state index is -0.654. The lowest BCUT2D eigenvalue weighted by Gasteiger charge is -2.38. The average molecular weight is 611 g/mol. The number of hydrogen-bond acceptors (Lipinski definition) is 7. The Morgan fingerprint density at radius 1 is 0.956 bits per heavy atom. The van der Waals surface area contributed by atoms with Gasteiger partial charge in [-0.2, -0.15) is 0 Å². The van der Waals surface area contributed by atoms with Crippen molar-refractivity contribution in [3.8, 4) is 23.0 Å². The van der Waals surface area contributed by atoms with E-state index in [4.69, 9.17) is 18.9 Å². The van der Waals surface area contributed by atoms with E-state index in [-0.39, 0.29) is 35.7 Å². The van der Waals surface area contributed by atoms with Crippen molar-refractivity contribution in [2.45, 2.75) is 18.9 Å². The highest BCUT2D eigenvalue weighted by Crippen LogP contribution is 2.41. The van der Waals surface area contributed by atoms with E-state index >= 15 is 0 Å². The summed E-state index contributed by atoms with van der Waals surface area (Å²) in [5, 5.41) is 2.73. The van der Waals surface area contributed by atoms with E-state index in [2.05, 4.69) is 5.32 Å². The molecular formula is C35H31FN2O7. The van der Waals surface area contributed by atoms with Crippen LogP contribution in [0.3, 0.4) is 0 Å². The zero-order valence-electron chi connectivity index (χ0n) is 24.8. The molecule has 0 radical (unpaired) electrons. The number of hydrogen-bond donors (Lipinski definition) is 1. The second kappa shape index (κ2) is 12.7. The molecule has 2 amide bonds. The second-order valence-electron chi connectivity index (χ2n) is 10.7. The topological polar surface area (TPSA) is 103 Å². The summed E-state index contributed by atoms with van der Waals surface area (Å²) in [5.41, 5.74) is 2.90. The number of carbonyl (C=O) groups is 3. The molecule has 1 atom stereocenters. The molecule has 0 fully saturated rings. The van der Waals surface area contributed by atoms with Crippen LogP contribution < -0.4 is 19.5 Å². The Morgan fingerprint density at radius 2 is 1.73 bits per heavy atom. The quantitative estimate of drug-likeness (QED) is 0.296. The molecule has 0 aromatic heterocycles. The molecule has 3 aliphatic rings. The third kappa shape index (κ3) is 5.91. The standard InChI is InChI=1S/C35H31FN2O7/c1-42-30-13-8-22-19-31(30)44-17-5-15-37-33(39)28-20-24(10-12-29(28)36)45-23-9-11-25-21(18-23)14-16-38(32(22)25)34(40)26-6-3-4-7-27(26)35(41)43-2/h3-4,6-13,18-20,32H,5,14-17H2,1-2H3,(H,37,39). The van der Waals surface area contributed by atoms with Crippen LogP contribution >= 0.6 is 0 Å². The van der Waals surface area contributed by atoms with Crippen molar-refractivity contribution in [3.63, 3.8) is 0 Å². The zero-order chi connectivity index (χ0) is 31.5. The molecule has 45 heavy (non-hydrogen) atoms. The number of amides is 2. The van der Waals surface area contributed by atoms with Gasteiger partial charge in [-0.15, -0.1) is 0 Å². The molecular weight excluding hydrogens is 579 g/mol. The Kier molecular flexibility index (Phi) is 8.37. The van der Waals surface area contributed by atoms with Crippen molar-refractivity contribution in [3.05, 3.63) is 118 Å². The van der Waals surface area contributed by atoms with Crippen molar-refractivity contribution >= 4 is 17.8 Å². The first-order valence-corrected chi connectivity index (χ1v) is 14.6. The maximum absolute atomic E-state index is 14.6. The number of fused-ring (bicyclic) bond motifs is 6. The summed E-state index contributed by atoms with van der Waals surface area (Å²) in [4.78, 5) is 41.3. The Hall–Kier alpha value is -5.38.